The van der Waals surface area contributed by atoms with E-state index in [0.717, 1.165) is 0 Å². The van der Waals surface area contributed by atoms with Crippen molar-refractivity contribution in [1.29, 1.82) is 0 Å². The minimum atomic E-state index is -2.28. The summed E-state index contributed by atoms with van der Waals surface area (Å²) in [6.07, 6.45) is -0.369. The molecule has 0 unspecified atom stereocenters. The van der Waals surface area contributed by atoms with Crippen molar-refractivity contribution in [2.75, 3.05) is 24.6 Å². The fourth-order valence-electron chi connectivity index (χ4n) is 1.33. The molecule has 0 atom stereocenters. The zero-order chi connectivity index (χ0) is 12.4. The molecule has 0 radical (unpaired) electrons. The Kier molecular flexibility index (Phi) is 3.80. The molecule has 7 heteroatoms. The molecule has 94 valence electrons. The number of carbonyl (C=O) groups is 1. The topological polar surface area (TPSA) is 85.0 Å². The molecular formula is C9H19N3O3S. The second-order valence-electron chi connectivity index (χ2n) is 4.75. The van der Waals surface area contributed by atoms with Crippen LogP contribution in [0.5, 0.6) is 0 Å². The molecule has 0 aromatic carbocycles. The molecule has 0 aromatic rings. The molecule has 2 N–H and O–H groups in total. The van der Waals surface area contributed by atoms with Gasteiger partial charge in [-0.3, -0.25) is 0 Å². The van der Waals surface area contributed by atoms with E-state index in [-0.39, 0.29) is 6.09 Å². The van der Waals surface area contributed by atoms with Crippen LogP contribution in [-0.2, 0) is 14.5 Å². The molecule has 0 aromatic heterocycles. The van der Waals surface area contributed by atoms with Crippen LogP contribution < -0.4 is 5.84 Å². The maximum Gasteiger partial charge on any atom is 0.410 e. The standard InChI is InChI=1S/C9H19N3O3S/c1-9(2,3)15-8(13)12-4-6-16(14,11-10)7-5-12/h4-7,10H2,1-3H3. The highest BCUT2D eigenvalue weighted by atomic mass is 32.2. The van der Waals surface area contributed by atoms with E-state index in [9.17, 15) is 9.00 Å². The van der Waals surface area contributed by atoms with Crippen molar-refractivity contribution in [2.24, 2.45) is 10.3 Å². The third-order valence-electron chi connectivity index (χ3n) is 2.20. The number of nitrogens with two attached hydrogens (primary N) is 1. The lowest BCUT2D eigenvalue weighted by Crippen LogP contribution is -2.46. The Balaban J connectivity index is 2.55. The summed E-state index contributed by atoms with van der Waals surface area (Å²) in [4.78, 5) is 13.2. The summed E-state index contributed by atoms with van der Waals surface area (Å²) in [5.74, 6) is 5.72. The van der Waals surface area contributed by atoms with Gasteiger partial charge in [-0.1, -0.05) is 0 Å². The number of amides is 1. The van der Waals surface area contributed by atoms with Gasteiger partial charge in [-0.2, -0.15) is 4.47 Å². The minimum absolute atomic E-state index is 0.322. The van der Waals surface area contributed by atoms with Gasteiger partial charge in [0.05, 0.1) is 21.2 Å². The maximum absolute atomic E-state index is 11.8. The Hall–Kier alpha value is -0.820. The summed E-state index contributed by atoms with van der Waals surface area (Å²) in [5, 5.41) is 0. The smallest absolute Gasteiger partial charge is 0.410 e. The Labute approximate surface area is 96.3 Å². The Morgan fingerprint density at radius 3 is 2.25 bits per heavy atom. The third-order valence-corrected chi connectivity index (χ3v) is 4.23. The summed E-state index contributed by atoms with van der Waals surface area (Å²) in [6.45, 7) is 6.20. The van der Waals surface area contributed by atoms with E-state index in [2.05, 4.69) is 4.47 Å². The number of carbonyl (C=O) groups excluding carboxylic acids is 1. The average molecular weight is 249 g/mol. The summed E-state index contributed by atoms with van der Waals surface area (Å²) < 4.78 is 20.4. The van der Waals surface area contributed by atoms with Crippen molar-refractivity contribution in [3.05, 3.63) is 0 Å². The Bertz CT molecular complexity index is 366. The molecule has 1 rings (SSSR count). The van der Waals surface area contributed by atoms with Gasteiger partial charge in [0.2, 0.25) is 0 Å². The van der Waals surface area contributed by atoms with Crippen LogP contribution in [-0.4, -0.2) is 45.4 Å². The van der Waals surface area contributed by atoms with Gasteiger partial charge < -0.3 is 9.64 Å². The van der Waals surface area contributed by atoms with Crippen LogP contribution in [0.3, 0.4) is 0 Å². The van der Waals surface area contributed by atoms with Crippen LogP contribution in [0.2, 0.25) is 0 Å². The monoisotopic (exact) mass is 249 g/mol. The SMILES string of the molecule is CC(C)(C)OC(=O)N1CCS(=O)(=NN)CC1. The van der Waals surface area contributed by atoms with Crippen molar-refractivity contribution in [3.8, 4) is 0 Å². The lowest BCUT2D eigenvalue weighted by Gasteiger charge is -2.30. The van der Waals surface area contributed by atoms with E-state index in [1.165, 1.54) is 0 Å². The highest BCUT2D eigenvalue weighted by molar-refractivity contribution is 7.93. The van der Waals surface area contributed by atoms with Crippen LogP contribution in [0.1, 0.15) is 20.8 Å². The molecule has 0 spiro atoms. The highest BCUT2D eigenvalue weighted by Gasteiger charge is 2.27. The normalized spacial score (nSPS) is 20.4. The summed E-state index contributed by atoms with van der Waals surface area (Å²) in [5.41, 5.74) is -0.506. The van der Waals surface area contributed by atoms with Crippen molar-refractivity contribution < 1.29 is 13.7 Å². The molecule has 0 bridgehead atoms. The second-order valence-corrected chi connectivity index (χ2v) is 7.33. The first-order valence-electron chi connectivity index (χ1n) is 5.15. The summed E-state index contributed by atoms with van der Waals surface area (Å²) in [7, 11) is -2.28. The molecule has 1 amide bonds. The van der Waals surface area contributed by atoms with Gasteiger partial charge >= 0.3 is 6.09 Å². The molecular weight excluding hydrogens is 230 g/mol. The van der Waals surface area contributed by atoms with Gasteiger partial charge in [0.15, 0.2) is 0 Å². The molecule has 0 aliphatic carbocycles. The van der Waals surface area contributed by atoms with E-state index in [0.29, 0.717) is 24.6 Å². The predicted octanol–water partition coefficient (Wildman–Crippen LogP) is 0.579. The lowest BCUT2D eigenvalue weighted by molar-refractivity contribution is 0.0268. The largest absolute Gasteiger partial charge is 0.444 e. The van der Waals surface area contributed by atoms with Crippen molar-refractivity contribution in [3.63, 3.8) is 0 Å². The van der Waals surface area contributed by atoms with Gasteiger partial charge in [0.1, 0.15) is 5.60 Å². The van der Waals surface area contributed by atoms with Crippen LogP contribution >= 0.6 is 0 Å². The van der Waals surface area contributed by atoms with E-state index in [4.69, 9.17) is 10.6 Å². The molecule has 1 aliphatic heterocycles. The van der Waals surface area contributed by atoms with Crippen LogP contribution in [0.15, 0.2) is 4.47 Å². The first-order valence-corrected chi connectivity index (χ1v) is 7.01. The molecule has 6 nitrogen and oxygen atoms in total. The molecule has 1 saturated heterocycles. The van der Waals surface area contributed by atoms with E-state index in [1.807, 2.05) is 20.8 Å². The van der Waals surface area contributed by atoms with Crippen LogP contribution in [0.25, 0.3) is 0 Å². The lowest BCUT2D eigenvalue weighted by atomic mass is 10.2. The molecule has 1 fully saturated rings. The van der Waals surface area contributed by atoms with E-state index < -0.39 is 15.3 Å². The quantitative estimate of drug-likeness (QED) is 0.502. The van der Waals surface area contributed by atoms with Crippen LogP contribution in [0, 0.1) is 0 Å². The third kappa shape index (κ3) is 3.64. The summed E-state index contributed by atoms with van der Waals surface area (Å²) in [6, 6.07) is 0. The van der Waals surface area contributed by atoms with Gasteiger partial charge in [-0.25, -0.2) is 14.8 Å². The van der Waals surface area contributed by atoms with Gasteiger partial charge in [0.25, 0.3) is 0 Å². The molecule has 0 saturated carbocycles. The number of ether oxygens (including phenoxy) is 1. The first kappa shape index (κ1) is 13.2. The number of hydrogen-bond donors (Lipinski definition) is 1. The Morgan fingerprint density at radius 2 is 1.88 bits per heavy atom. The number of nitrogens with zero attached hydrogens (tertiary/aromatic N) is 2. The van der Waals surface area contributed by atoms with Crippen molar-refractivity contribution >= 4 is 15.8 Å². The van der Waals surface area contributed by atoms with E-state index >= 15 is 0 Å². The molecule has 16 heavy (non-hydrogen) atoms. The number of hydrogen-bond acceptors (Lipinski definition) is 4. The first-order chi connectivity index (χ1) is 7.26. The van der Waals surface area contributed by atoms with Gasteiger partial charge in [-0.15, -0.1) is 0 Å². The fourth-order valence-corrected chi connectivity index (χ4v) is 2.76. The van der Waals surface area contributed by atoms with E-state index in [1.54, 1.807) is 4.90 Å². The second kappa shape index (κ2) is 4.58. The fraction of sp³-hybridized carbons (Fsp3) is 0.889. The van der Waals surface area contributed by atoms with Crippen LogP contribution in [0.4, 0.5) is 4.79 Å². The van der Waals surface area contributed by atoms with Gasteiger partial charge in [-0.05, 0) is 20.8 Å². The minimum Gasteiger partial charge on any atom is -0.444 e. The zero-order valence-electron chi connectivity index (χ0n) is 9.93. The van der Waals surface area contributed by atoms with Crippen molar-refractivity contribution in [2.45, 2.75) is 26.4 Å². The molecule has 1 heterocycles. The van der Waals surface area contributed by atoms with Crippen molar-refractivity contribution in [1.82, 2.24) is 4.90 Å². The predicted molar refractivity (Wildman–Crippen MR) is 62.3 cm³/mol. The summed E-state index contributed by atoms with van der Waals surface area (Å²) >= 11 is 0. The highest BCUT2D eigenvalue weighted by Crippen LogP contribution is 2.13. The number of rotatable bonds is 0. The zero-order valence-corrected chi connectivity index (χ0v) is 10.7. The van der Waals surface area contributed by atoms with Gasteiger partial charge in [0, 0.05) is 13.1 Å². The average Bonchev–Trinajstić information content (AvgIpc) is 2.16. The Morgan fingerprint density at radius 1 is 1.38 bits per heavy atom. The molecule has 1 aliphatic rings. The maximum atomic E-state index is 11.8.